The first-order valence-electron chi connectivity index (χ1n) is 8.57. The number of carbonyl (C=O) groups is 1. The van der Waals surface area contributed by atoms with E-state index in [9.17, 15) is 9.18 Å². The molecule has 2 aliphatic heterocycles. The summed E-state index contributed by atoms with van der Waals surface area (Å²) in [6.07, 6.45) is -0.270. The molecule has 1 amide bonds. The van der Waals surface area contributed by atoms with E-state index in [1.807, 2.05) is 31.2 Å². The van der Waals surface area contributed by atoms with E-state index in [0.29, 0.717) is 28.7 Å². The number of rotatable bonds is 2. The Labute approximate surface area is 155 Å². The number of ether oxygens (including phenoxy) is 1. The molecule has 0 saturated carbocycles. The van der Waals surface area contributed by atoms with Crippen LogP contribution in [0.1, 0.15) is 22.8 Å². The van der Waals surface area contributed by atoms with Crippen LogP contribution in [0.2, 0.25) is 0 Å². The van der Waals surface area contributed by atoms with Gasteiger partial charge in [-0.15, -0.1) is 0 Å². The monoisotopic (exact) mass is 370 g/mol. The van der Waals surface area contributed by atoms with Crippen LogP contribution in [-0.2, 0) is 10.3 Å². The first-order valence-corrected chi connectivity index (χ1v) is 9.55. The molecule has 2 aromatic rings. The van der Waals surface area contributed by atoms with Crippen LogP contribution in [0, 0.1) is 11.7 Å². The van der Waals surface area contributed by atoms with Gasteiger partial charge in [0.2, 0.25) is 0 Å². The fourth-order valence-electron chi connectivity index (χ4n) is 3.69. The maximum Gasteiger partial charge on any atom is 0.257 e. The third kappa shape index (κ3) is 2.83. The standard InChI is InChI=1S/C20H19FN2O2S/c1-13-20(16-9-5-6-10-17(16)21)15(11-25-13)12-26-19(23-20)22-18(24)14-7-3-2-4-8-14/h2-10,13,15H,11-12H2,1H3,(H,22,23,24)/t13-,15-,20-/m0/s1. The maximum atomic E-state index is 14.6. The van der Waals surface area contributed by atoms with Crippen LogP contribution < -0.4 is 5.32 Å². The summed E-state index contributed by atoms with van der Waals surface area (Å²) in [5, 5.41) is 3.39. The lowest BCUT2D eigenvalue weighted by Crippen LogP contribution is -2.45. The molecular formula is C20H19FN2O2S. The number of amides is 1. The highest BCUT2D eigenvalue weighted by molar-refractivity contribution is 8.13. The van der Waals surface area contributed by atoms with Gasteiger partial charge in [0, 0.05) is 22.8 Å². The summed E-state index contributed by atoms with van der Waals surface area (Å²) in [4.78, 5) is 17.3. The van der Waals surface area contributed by atoms with E-state index < -0.39 is 5.54 Å². The van der Waals surface area contributed by atoms with Crippen LogP contribution in [0.25, 0.3) is 0 Å². The van der Waals surface area contributed by atoms with Crippen molar-refractivity contribution in [3.8, 4) is 0 Å². The van der Waals surface area contributed by atoms with Gasteiger partial charge in [-0.05, 0) is 25.1 Å². The van der Waals surface area contributed by atoms with E-state index in [1.165, 1.54) is 17.8 Å². The van der Waals surface area contributed by atoms with Crippen molar-refractivity contribution < 1.29 is 13.9 Å². The number of nitrogens with zero attached hydrogens (tertiary/aromatic N) is 1. The number of fused-ring (bicyclic) bond motifs is 1. The normalized spacial score (nSPS) is 27.5. The molecule has 3 atom stereocenters. The van der Waals surface area contributed by atoms with Gasteiger partial charge in [-0.1, -0.05) is 48.2 Å². The van der Waals surface area contributed by atoms with Gasteiger partial charge in [0.25, 0.3) is 5.91 Å². The summed E-state index contributed by atoms with van der Waals surface area (Å²) in [7, 11) is 0. The second kappa shape index (κ2) is 6.85. The molecule has 0 bridgehead atoms. The van der Waals surface area contributed by atoms with E-state index in [2.05, 4.69) is 5.32 Å². The minimum atomic E-state index is -0.810. The Morgan fingerprint density at radius 1 is 1.23 bits per heavy atom. The number of hydrogen-bond donors (Lipinski definition) is 1. The van der Waals surface area contributed by atoms with E-state index in [0.717, 1.165) is 0 Å². The second-order valence-corrected chi connectivity index (χ2v) is 7.53. The van der Waals surface area contributed by atoms with Gasteiger partial charge in [-0.3, -0.25) is 4.79 Å². The Balaban J connectivity index is 1.71. The first-order chi connectivity index (χ1) is 12.6. The SMILES string of the molecule is C[C@@H]1OC[C@H]2CSC(NC(=O)c3ccccc3)=N[C@]21c1ccccc1F. The molecule has 0 radical (unpaired) electrons. The predicted octanol–water partition coefficient (Wildman–Crippen LogP) is 3.59. The highest BCUT2D eigenvalue weighted by Crippen LogP contribution is 2.49. The zero-order valence-corrected chi connectivity index (χ0v) is 15.1. The number of thioether (sulfide) groups is 1. The highest BCUT2D eigenvalue weighted by atomic mass is 32.2. The molecule has 2 heterocycles. The molecular weight excluding hydrogens is 351 g/mol. The third-order valence-corrected chi connectivity index (χ3v) is 6.09. The van der Waals surface area contributed by atoms with E-state index in [1.54, 1.807) is 24.3 Å². The molecule has 26 heavy (non-hydrogen) atoms. The molecule has 0 aromatic heterocycles. The van der Waals surface area contributed by atoms with Crippen molar-refractivity contribution in [2.75, 3.05) is 12.4 Å². The maximum absolute atomic E-state index is 14.6. The number of nitrogens with one attached hydrogen (secondary N) is 1. The lowest BCUT2D eigenvalue weighted by atomic mass is 9.77. The largest absolute Gasteiger partial charge is 0.375 e. The van der Waals surface area contributed by atoms with Crippen molar-refractivity contribution in [1.29, 1.82) is 0 Å². The van der Waals surface area contributed by atoms with Crippen molar-refractivity contribution >= 4 is 22.8 Å². The molecule has 1 saturated heterocycles. The zero-order valence-electron chi connectivity index (χ0n) is 14.3. The Bertz CT molecular complexity index is 858. The molecule has 4 rings (SSSR count). The molecule has 4 nitrogen and oxygen atoms in total. The number of halogens is 1. The molecule has 2 aliphatic rings. The van der Waals surface area contributed by atoms with Crippen molar-refractivity contribution in [1.82, 2.24) is 5.32 Å². The van der Waals surface area contributed by atoms with Gasteiger partial charge >= 0.3 is 0 Å². The van der Waals surface area contributed by atoms with Crippen molar-refractivity contribution in [3.05, 3.63) is 71.5 Å². The summed E-state index contributed by atoms with van der Waals surface area (Å²) >= 11 is 1.48. The minimum absolute atomic E-state index is 0.0665. The quantitative estimate of drug-likeness (QED) is 0.879. The lowest BCUT2D eigenvalue weighted by Gasteiger charge is -2.37. The molecule has 2 aromatic carbocycles. The third-order valence-electron chi connectivity index (χ3n) is 5.06. The van der Waals surface area contributed by atoms with Crippen LogP contribution in [0.15, 0.2) is 59.6 Å². The molecule has 6 heteroatoms. The van der Waals surface area contributed by atoms with E-state index in [-0.39, 0.29) is 23.7 Å². The van der Waals surface area contributed by atoms with Gasteiger partial charge in [-0.2, -0.15) is 0 Å². The average molecular weight is 370 g/mol. The lowest BCUT2D eigenvalue weighted by molar-refractivity contribution is 0.0939. The van der Waals surface area contributed by atoms with Gasteiger partial charge in [0.1, 0.15) is 11.4 Å². The Hall–Kier alpha value is -2.18. The van der Waals surface area contributed by atoms with Crippen LogP contribution in [0.5, 0.6) is 0 Å². The average Bonchev–Trinajstić information content (AvgIpc) is 3.00. The fourth-order valence-corrected chi connectivity index (χ4v) is 4.78. The smallest absolute Gasteiger partial charge is 0.257 e. The van der Waals surface area contributed by atoms with Gasteiger partial charge in [-0.25, -0.2) is 9.38 Å². The van der Waals surface area contributed by atoms with E-state index >= 15 is 0 Å². The van der Waals surface area contributed by atoms with E-state index in [4.69, 9.17) is 9.73 Å². The van der Waals surface area contributed by atoms with Crippen LogP contribution >= 0.6 is 11.8 Å². The summed E-state index contributed by atoms with van der Waals surface area (Å²) in [5.74, 6) is 0.272. The number of benzene rings is 2. The molecule has 134 valence electrons. The zero-order chi connectivity index (χ0) is 18.1. The summed E-state index contributed by atoms with van der Waals surface area (Å²) in [6.45, 7) is 2.45. The molecule has 0 aliphatic carbocycles. The molecule has 0 unspecified atom stereocenters. The Morgan fingerprint density at radius 3 is 2.73 bits per heavy atom. The van der Waals surface area contributed by atoms with Crippen LogP contribution in [0.3, 0.4) is 0 Å². The predicted molar refractivity (Wildman–Crippen MR) is 101 cm³/mol. The second-order valence-electron chi connectivity index (χ2n) is 6.53. The number of hydrogen-bond acceptors (Lipinski definition) is 4. The van der Waals surface area contributed by atoms with Crippen molar-refractivity contribution in [2.24, 2.45) is 10.9 Å². The summed E-state index contributed by atoms with van der Waals surface area (Å²) in [5.41, 5.74) is 0.283. The Morgan fingerprint density at radius 2 is 1.96 bits per heavy atom. The highest BCUT2D eigenvalue weighted by Gasteiger charge is 2.54. The summed E-state index contributed by atoms with van der Waals surface area (Å²) < 4.78 is 20.5. The number of amidine groups is 1. The van der Waals surface area contributed by atoms with Crippen molar-refractivity contribution in [2.45, 2.75) is 18.6 Å². The Kier molecular flexibility index (Phi) is 4.54. The van der Waals surface area contributed by atoms with Crippen molar-refractivity contribution in [3.63, 3.8) is 0 Å². The van der Waals surface area contributed by atoms with Gasteiger partial charge in [0.05, 0.1) is 12.7 Å². The number of aliphatic imine (C=N–C) groups is 1. The molecule has 1 N–H and O–H groups in total. The molecule has 1 fully saturated rings. The van der Waals surface area contributed by atoms with Gasteiger partial charge in [0.15, 0.2) is 5.17 Å². The van der Waals surface area contributed by atoms with Crippen LogP contribution in [-0.4, -0.2) is 29.5 Å². The molecule has 0 spiro atoms. The fraction of sp³-hybridized carbons (Fsp3) is 0.300. The first kappa shape index (κ1) is 17.2. The number of carbonyl (C=O) groups excluding carboxylic acids is 1. The summed E-state index contributed by atoms with van der Waals surface area (Å²) in [6, 6.07) is 15.7. The topological polar surface area (TPSA) is 50.7 Å². The van der Waals surface area contributed by atoms with Crippen LogP contribution in [0.4, 0.5) is 4.39 Å². The minimum Gasteiger partial charge on any atom is -0.375 e. The van der Waals surface area contributed by atoms with Gasteiger partial charge < -0.3 is 10.1 Å².